The van der Waals surface area contributed by atoms with Gasteiger partial charge in [0, 0.05) is 11.4 Å². The van der Waals surface area contributed by atoms with E-state index in [9.17, 15) is 14.9 Å². The van der Waals surface area contributed by atoms with Gasteiger partial charge in [0.25, 0.3) is 5.91 Å². The summed E-state index contributed by atoms with van der Waals surface area (Å²) in [7, 11) is 0. The first-order valence-electron chi connectivity index (χ1n) is 8.04. The molecule has 1 fully saturated rings. The molecule has 0 saturated carbocycles. The predicted octanol–water partition coefficient (Wildman–Crippen LogP) is 3.76. The molecule has 6 heteroatoms. The molecular formula is C20H17N3O2S. The third-order valence-corrected chi connectivity index (χ3v) is 4.88. The van der Waals surface area contributed by atoms with Crippen molar-refractivity contribution in [3.63, 3.8) is 0 Å². The summed E-state index contributed by atoms with van der Waals surface area (Å²) in [6.07, 6.45) is 0. The number of aryl methyl sites for hydroxylation is 2. The third-order valence-electron chi connectivity index (χ3n) is 3.83. The van der Waals surface area contributed by atoms with Crippen molar-refractivity contribution in [2.75, 3.05) is 16.0 Å². The number of amides is 2. The first kappa shape index (κ1) is 17.8. The Morgan fingerprint density at radius 2 is 1.81 bits per heavy atom. The van der Waals surface area contributed by atoms with Crippen molar-refractivity contribution in [2.24, 2.45) is 0 Å². The lowest BCUT2D eigenvalue weighted by Gasteiger charge is -2.18. The van der Waals surface area contributed by atoms with Crippen molar-refractivity contribution >= 4 is 35.0 Å². The number of anilines is 2. The summed E-state index contributed by atoms with van der Waals surface area (Å²) in [5, 5.41) is 12.7. The van der Waals surface area contributed by atoms with Gasteiger partial charge in [-0.1, -0.05) is 36.0 Å². The van der Waals surface area contributed by atoms with Crippen LogP contribution in [-0.4, -0.2) is 17.6 Å². The molecule has 0 bridgehead atoms. The normalized spacial score (nSPS) is 15.6. The van der Waals surface area contributed by atoms with E-state index < -0.39 is 5.91 Å². The molecule has 0 atom stereocenters. The average molecular weight is 363 g/mol. The maximum absolute atomic E-state index is 12.7. The van der Waals surface area contributed by atoms with E-state index in [1.54, 1.807) is 12.1 Å². The van der Waals surface area contributed by atoms with E-state index in [4.69, 9.17) is 0 Å². The summed E-state index contributed by atoms with van der Waals surface area (Å²) in [5.74, 6) is -0.467. The molecule has 1 N–H and O–H groups in total. The number of hydrogen-bond donors (Lipinski definition) is 1. The molecule has 5 nitrogen and oxygen atoms in total. The topological polar surface area (TPSA) is 73.2 Å². The predicted molar refractivity (Wildman–Crippen MR) is 104 cm³/mol. The SMILES string of the molecule is Cc1cc(C)cc(NC(=O)C(C#N)=C2SCC(=O)N2c2ccccc2)c1. The van der Waals surface area contributed by atoms with E-state index >= 15 is 0 Å². The van der Waals surface area contributed by atoms with Crippen LogP contribution in [0.3, 0.4) is 0 Å². The van der Waals surface area contributed by atoms with Gasteiger partial charge in [0.05, 0.1) is 5.75 Å². The molecule has 0 radical (unpaired) electrons. The van der Waals surface area contributed by atoms with Crippen LogP contribution >= 0.6 is 11.8 Å². The Morgan fingerprint density at radius 3 is 2.42 bits per heavy atom. The minimum atomic E-state index is -0.518. The Kier molecular flexibility index (Phi) is 5.10. The van der Waals surface area contributed by atoms with Gasteiger partial charge >= 0.3 is 0 Å². The molecule has 1 aliphatic heterocycles. The highest BCUT2D eigenvalue weighted by Gasteiger charge is 2.33. The fourth-order valence-electron chi connectivity index (χ4n) is 2.83. The number of nitriles is 1. The van der Waals surface area contributed by atoms with Gasteiger partial charge < -0.3 is 5.32 Å². The summed E-state index contributed by atoms with van der Waals surface area (Å²) in [5.41, 5.74) is 3.24. The van der Waals surface area contributed by atoms with Gasteiger partial charge in [0.15, 0.2) is 0 Å². The number of nitrogens with one attached hydrogen (secondary N) is 1. The average Bonchev–Trinajstić information content (AvgIpc) is 2.96. The number of para-hydroxylation sites is 1. The van der Waals surface area contributed by atoms with Crippen LogP contribution in [0.2, 0.25) is 0 Å². The Morgan fingerprint density at radius 1 is 1.15 bits per heavy atom. The second kappa shape index (κ2) is 7.46. The second-order valence-corrected chi connectivity index (χ2v) is 6.94. The molecule has 26 heavy (non-hydrogen) atoms. The standard InChI is InChI=1S/C20H17N3O2S/c1-13-8-14(2)10-15(9-13)22-19(25)17(11-21)20-23(18(24)12-26-20)16-6-4-3-5-7-16/h3-10H,12H2,1-2H3,(H,22,25). The highest BCUT2D eigenvalue weighted by atomic mass is 32.2. The summed E-state index contributed by atoms with van der Waals surface area (Å²) < 4.78 is 0. The van der Waals surface area contributed by atoms with Gasteiger partial charge in [-0.25, -0.2) is 0 Å². The highest BCUT2D eigenvalue weighted by Crippen LogP contribution is 2.36. The zero-order valence-electron chi connectivity index (χ0n) is 14.4. The van der Waals surface area contributed by atoms with E-state index in [1.165, 1.54) is 16.7 Å². The lowest BCUT2D eigenvalue weighted by atomic mass is 10.1. The number of nitrogens with zero attached hydrogens (tertiary/aromatic N) is 2. The van der Waals surface area contributed by atoms with Crippen LogP contribution in [0.1, 0.15) is 11.1 Å². The summed E-state index contributed by atoms with van der Waals surface area (Å²) >= 11 is 1.20. The zero-order valence-corrected chi connectivity index (χ0v) is 15.3. The van der Waals surface area contributed by atoms with Gasteiger partial charge in [-0.05, 0) is 49.2 Å². The highest BCUT2D eigenvalue weighted by molar-refractivity contribution is 8.04. The molecule has 0 aromatic heterocycles. The molecule has 0 unspecified atom stereocenters. The Labute approximate surface area is 156 Å². The minimum Gasteiger partial charge on any atom is -0.321 e. The number of carbonyl (C=O) groups is 2. The number of carbonyl (C=O) groups excluding carboxylic acids is 2. The monoisotopic (exact) mass is 363 g/mol. The molecule has 2 aromatic carbocycles. The molecule has 0 spiro atoms. The van der Waals surface area contributed by atoms with E-state index in [0.717, 1.165) is 11.1 Å². The van der Waals surface area contributed by atoms with Gasteiger partial charge in [-0.2, -0.15) is 5.26 Å². The molecule has 1 saturated heterocycles. The number of hydrogen-bond acceptors (Lipinski definition) is 4. The first-order chi connectivity index (χ1) is 12.5. The van der Waals surface area contributed by atoms with E-state index in [2.05, 4.69) is 5.32 Å². The fourth-order valence-corrected chi connectivity index (χ4v) is 3.84. The van der Waals surface area contributed by atoms with Crippen molar-refractivity contribution in [3.8, 4) is 6.07 Å². The maximum Gasteiger partial charge on any atom is 0.269 e. The van der Waals surface area contributed by atoms with Crippen LogP contribution in [0.4, 0.5) is 11.4 Å². The number of thioether (sulfide) groups is 1. The van der Waals surface area contributed by atoms with Gasteiger partial charge in [-0.3, -0.25) is 14.5 Å². The lowest BCUT2D eigenvalue weighted by molar-refractivity contribution is -0.115. The third kappa shape index (κ3) is 3.63. The second-order valence-electron chi connectivity index (χ2n) is 5.98. The fraction of sp³-hybridized carbons (Fsp3) is 0.150. The van der Waals surface area contributed by atoms with Crippen molar-refractivity contribution < 1.29 is 9.59 Å². The number of benzene rings is 2. The molecule has 2 aromatic rings. The first-order valence-corrected chi connectivity index (χ1v) is 9.03. The molecule has 2 amide bonds. The van der Waals surface area contributed by atoms with E-state index in [0.29, 0.717) is 16.4 Å². The van der Waals surface area contributed by atoms with E-state index in [-0.39, 0.29) is 17.2 Å². The molecule has 1 aliphatic rings. The summed E-state index contributed by atoms with van der Waals surface area (Å²) in [4.78, 5) is 26.4. The largest absolute Gasteiger partial charge is 0.321 e. The van der Waals surface area contributed by atoms with Gasteiger partial charge in [0.2, 0.25) is 5.91 Å². The molecule has 3 rings (SSSR count). The van der Waals surface area contributed by atoms with Crippen LogP contribution in [0.25, 0.3) is 0 Å². The quantitative estimate of drug-likeness (QED) is 0.666. The smallest absolute Gasteiger partial charge is 0.269 e. The molecular weight excluding hydrogens is 346 g/mol. The van der Waals surface area contributed by atoms with Crippen LogP contribution in [0.15, 0.2) is 59.1 Å². The Balaban J connectivity index is 1.96. The van der Waals surface area contributed by atoms with Crippen molar-refractivity contribution in [1.82, 2.24) is 0 Å². The number of rotatable bonds is 3. The van der Waals surface area contributed by atoms with Crippen molar-refractivity contribution in [2.45, 2.75) is 13.8 Å². The Hall–Kier alpha value is -3.04. The van der Waals surface area contributed by atoms with Crippen LogP contribution < -0.4 is 10.2 Å². The maximum atomic E-state index is 12.7. The van der Waals surface area contributed by atoms with Crippen molar-refractivity contribution in [3.05, 3.63) is 70.3 Å². The lowest BCUT2D eigenvalue weighted by Crippen LogP contribution is -2.26. The summed E-state index contributed by atoms with van der Waals surface area (Å²) in [6.45, 7) is 3.88. The minimum absolute atomic E-state index is 0.0659. The van der Waals surface area contributed by atoms with Crippen LogP contribution in [0.5, 0.6) is 0 Å². The Bertz CT molecular complexity index is 925. The van der Waals surface area contributed by atoms with Gasteiger partial charge in [-0.15, -0.1) is 0 Å². The molecule has 1 heterocycles. The summed E-state index contributed by atoms with van der Waals surface area (Å²) in [6, 6.07) is 16.7. The van der Waals surface area contributed by atoms with Crippen LogP contribution in [-0.2, 0) is 9.59 Å². The zero-order chi connectivity index (χ0) is 18.7. The van der Waals surface area contributed by atoms with Gasteiger partial charge in [0.1, 0.15) is 16.7 Å². The molecule has 0 aliphatic carbocycles. The van der Waals surface area contributed by atoms with Crippen molar-refractivity contribution in [1.29, 1.82) is 5.26 Å². The van der Waals surface area contributed by atoms with Crippen LogP contribution in [0, 0.1) is 25.2 Å². The molecule has 130 valence electrons. The van der Waals surface area contributed by atoms with E-state index in [1.807, 2.05) is 56.3 Å².